The van der Waals surface area contributed by atoms with E-state index in [0.29, 0.717) is 17.8 Å². The minimum atomic E-state index is -0.656. The van der Waals surface area contributed by atoms with Crippen LogP contribution in [0, 0.1) is 13.8 Å². The highest BCUT2D eigenvalue weighted by atomic mass is 16.5. The van der Waals surface area contributed by atoms with Crippen LogP contribution in [-0.2, 0) is 20.8 Å². The van der Waals surface area contributed by atoms with Crippen LogP contribution in [0.4, 0.5) is 0 Å². The van der Waals surface area contributed by atoms with E-state index >= 15 is 0 Å². The van der Waals surface area contributed by atoms with Gasteiger partial charge in [-0.05, 0) is 32.0 Å². The number of hydrogen-bond acceptors (Lipinski definition) is 6. The Morgan fingerprint density at radius 3 is 2.68 bits per heavy atom. The van der Waals surface area contributed by atoms with E-state index in [1.807, 2.05) is 23.6 Å². The van der Waals surface area contributed by atoms with Crippen molar-refractivity contribution in [3.05, 3.63) is 59.3 Å². The van der Waals surface area contributed by atoms with Crippen molar-refractivity contribution in [2.24, 2.45) is 0 Å². The third-order valence-corrected chi connectivity index (χ3v) is 4.55. The number of imidazole rings is 1. The van der Waals surface area contributed by atoms with E-state index < -0.39 is 5.97 Å². The van der Waals surface area contributed by atoms with Crippen LogP contribution in [0.5, 0.6) is 0 Å². The SMILES string of the molecule is COC(=O)CCn1c(C)cc(C(=O)COC(=O)c2cn3ccccc3n2)c1C. The molecule has 0 aliphatic carbocycles. The molecule has 0 saturated heterocycles. The van der Waals surface area contributed by atoms with Crippen molar-refractivity contribution in [1.82, 2.24) is 14.0 Å². The van der Waals surface area contributed by atoms with Crippen molar-refractivity contribution < 1.29 is 23.9 Å². The van der Waals surface area contributed by atoms with Crippen LogP contribution >= 0.6 is 0 Å². The summed E-state index contributed by atoms with van der Waals surface area (Å²) in [5.74, 6) is -1.28. The average Bonchev–Trinajstić information content (AvgIpc) is 3.25. The van der Waals surface area contributed by atoms with Crippen molar-refractivity contribution in [3.8, 4) is 0 Å². The minimum Gasteiger partial charge on any atom is -0.469 e. The molecule has 0 aromatic carbocycles. The molecule has 3 rings (SSSR count). The number of fused-ring (bicyclic) bond motifs is 1. The molecule has 0 atom stereocenters. The van der Waals surface area contributed by atoms with Crippen LogP contribution in [0.1, 0.15) is 38.7 Å². The van der Waals surface area contributed by atoms with E-state index in [0.717, 1.165) is 11.4 Å². The highest BCUT2D eigenvalue weighted by Crippen LogP contribution is 2.17. The maximum absolute atomic E-state index is 12.5. The van der Waals surface area contributed by atoms with Gasteiger partial charge in [0.05, 0.1) is 13.5 Å². The van der Waals surface area contributed by atoms with Gasteiger partial charge in [-0.3, -0.25) is 9.59 Å². The molecular weight excluding hydrogens is 362 g/mol. The van der Waals surface area contributed by atoms with Gasteiger partial charge in [0.25, 0.3) is 0 Å². The normalized spacial score (nSPS) is 10.8. The monoisotopic (exact) mass is 383 g/mol. The fraction of sp³-hybridized carbons (Fsp3) is 0.300. The number of nitrogens with zero attached hydrogens (tertiary/aromatic N) is 3. The molecule has 0 N–H and O–H groups in total. The second kappa shape index (κ2) is 8.08. The highest BCUT2D eigenvalue weighted by Gasteiger charge is 2.19. The van der Waals surface area contributed by atoms with E-state index in [1.54, 1.807) is 35.9 Å². The molecule has 0 aliphatic rings. The average molecular weight is 383 g/mol. The number of ether oxygens (including phenoxy) is 2. The fourth-order valence-electron chi connectivity index (χ4n) is 3.05. The molecular formula is C20H21N3O5. The summed E-state index contributed by atoms with van der Waals surface area (Å²) < 4.78 is 13.4. The van der Waals surface area contributed by atoms with Gasteiger partial charge in [0.1, 0.15) is 5.65 Å². The van der Waals surface area contributed by atoms with Crippen molar-refractivity contribution in [2.45, 2.75) is 26.8 Å². The molecule has 0 radical (unpaired) electrons. The molecule has 0 unspecified atom stereocenters. The molecule has 3 aromatic heterocycles. The Morgan fingerprint density at radius 1 is 1.18 bits per heavy atom. The van der Waals surface area contributed by atoms with Crippen molar-refractivity contribution in [3.63, 3.8) is 0 Å². The molecule has 28 heavy (non-hydrogen) atoms. The van der Waals surface area contributed by atoms with E-state index in [4.69, 9.17) is 4.74 Å². The summed E-state index contributed by atoms with van der Waals surface area (Å²) in [6.07, 6.45) is 3.54. The lowest BCUT2D eigenvalue weighted by Crippen LogP contribution is -2.15. The number of carbonyl (C=O) groups excluding carboxylic acids is 3. The van der Waals surface area contributed by atoms with Crippen molar-refractivity contribution >= 4 is 23.4 Å². The summed E-state index contributed by atoms with van der Waals surface area (Å²) in [5, 5.41) is 0. The molecule has 0 saturated carbocycles. The summed E-state index contributed by atoms with van der Waals surface area (Å²) in [4.78, 5) is 40.3. The van der Waals surface area contributed by atoms with Crippen LogP contribution < -0.4 is 0 Å². The lowest BCUT2D eigenvalue weighted by Gasteiger charge is -2.09. The van der Waals surface area contributed by atoms with Gasteiger partial charge in [-0.2, -0.15) is 0 Å². The molecule has 0 spiro atoms. The molecule has 0 aliphatic heterocycles. The van der Waals surface area contributed by atoms with Crippen molar-refractivity contribution in [2.75, 3.05) is 13.7 Å². The third kappa shape index (κ3) is 3.95. The molecule has 0 bridgehead atoms. The predicted molar refractivity (Wildman–Crippen MR) is 100 cm³/mol. The van der Waals surface area contributed by atoms with Crippen LogP contribution in [-0.4, -0.2) is 45.4 Å². The lowest BCUT2D eigenvalue weighted by molar-refractivity contribution is -0.140. The maximum Gasteiger partial charge on any atom is 0.359 e. The zero-order valence-electron chi connectivity index (χ0n) is 16.0. The standard InChI is InChI=1S/C20H21N3O5/c1-13-10-15(14(2)23(13)9-7-19(25)27-3)17(24)12-28-20(26)16-11-22-8-5-4-6-18(22)21-16/h4-6,8,10-11H,7,9,12H2,1-3H3. The van der Waals surface area contributed by atoms with Gasteiger partial charge >= 0.3 is 11.9 Å². The Bertz CT molecular complexity index is 1010. The number of carbonyl (C=O) groups is 3. The summed E-state index contributed by atoms with van der Waals surface area (Å²) in [5.41, 5.74) is 2.79. The van der Waals surface area contributed by atoms with Gasteiger partial charge in [0, 0.05) is 35.9 Å². The van der Waals surface area contributed by atoms with Gasteiger partial charge in [-0.25, -0.2) is 9.78 Å². The number of rotatable bonds is 7. The molecule has 0 fully saturated rings. The number of pyridine rings is 1. The summed E-state index contributed by atoms with van der Waals surface area (Å²) in [7, 11) is 1.34. The lowest BCUT2D eigenvalue weighted by atomic mass is 10.1. The van der Waals surface area contributed by atoms with E-state index in [9.17, 15) is 14.4 Å². The van der Waals surface area contributed by atoms with Gasteiger partial charge < -0.3 is 18.4 Å². The Kier molecular flexibility index (Phi) is 5.58. The number of methoxy groups -OCH3 is 1. The number of aromatic nitrogens is 3. The first-order valence-corrected chi connectivity index (χ1v) is 8.78. The fourth-order valence-corrected chi connectivity index (χ4v) is 3.05. The number of ketones is 1. The second-order valence-corrected chi connectivity index (χ2v) is 6.35. The molecule has 146 valence electrons. The molecule has 3 heterocycles. The minimum absolute atomic E-state index is 0.141. The smallest absolute Gasteiger partial charge is 0.359 e. The predicted octanol–water partition coefficient (Wildman–Crippen LogP) is 2.36. The zero-order chi connectivity index (χ0) is 20.3. The Morgan fingerprint density at radius 2 is 1.96 bits per heavy atom. The molecule has 3 aromatic rings. The van der Waals surface area contributed by atoms with Crippen LogP contribution in [0.15, 0.2) is 36.7 Å². The van der Waals surface area contributed by atoms with E-state index in [1.165, 1.54) is 7.11 Å². The Balaban J connectivity index is 1.66. The quantitative estimate of drug-likeness (QED) is 0.459. The Hall–Kier alpha value is -3.42. The van der Waals surface area contributed by atoms with E-state index in [-0.39, 0.29) is 30.5 Å². The summed E-state index contributed by atoms with van der Waals surface area (Å²) in [6, 6.07) is 7.14. The largest absolute Gasteiger partial charge is 0.469 e. The van der Waals surface area contributed by atoms with Crippen LogP contribution in [0.3, 0.4) is 0 Å². The number of Topliss-reactive ketones (excluding diaryl/α,β-unsaturated/α-hetero) is 1. The molecule has 0 amide bonds. The van der Waals surface area contributed by atoms with Crippen molar-refractivity contribution in [1.29, 1.82) is 0 Å². The van der Waals surface area contributed by atoms with Gasteiger partial charge in [0.2, 0.25) is 5.78 Å². The topological polar surface area (TPSA) is 91.9 Å². The second-order valence-electron chi connectivity index (χ2n) is 6.35. The van der Waals surface area contributed by atoms with Gasteiger partial charge in [-0.1, -0.05) is 6.07 Å². The highest BCUT2D eigenvalue weighted by molar-refractivity contribution is 6.00. The third-order valence-electron chi connectivity index (χ3n) is 4.55. The number of hydrogen-bond donors (Lipinski definition) is 0. The zero-order valence-corrected chi connectivity index (χ0v) is 16.0. The van der Waals surface area contributed by atoms with Crippen LogP contribution in [0.25, 0.3) is 5.65 Å². The number of esters is 2. The first-order valence-electron chi connectivity index (χ1n) is 8.78. The van der Waals surface area contributed by atoms with Gasteiger partial charge in [-0.15, -0.1) is 0 Å². The maximum atomic E-state index is 12.5. The molecule has 8 heteroatoms. The Labute approximate surface area is 161 Å². The number of aryl methyl sites for hydroxylation is 1. The first kappa shape index (κ1) is 19.3. The van der Waals surface area contributed by atoms with Gasteiger partial charge in [0.15, 0.2) is 12.3 Å². The first-order chi connectivity index (χ1) is 13.4. The summed E-state index contributed by atoms with van der Waals surface area (Å²) >= 11 is 0. The van der Waals surface area contributed by atoms with E-state index in [2.05, 4.69) is 9.72 Å². The van der Waals surface area contributed by atoms with Crippen LogP contribution in [0.2, 0.25) is 0 Å². The summed E-state index contributed by atoms with van der Waals surface area (Å²) in [6.45, 7) is 3.68. The molecule has 8 nitrogen and oxygen atoms in total.